The van der Waals surface area contributed by atoms with E-state index >= 15 is 0 Å². The van der Waals surface area contributed by atoms with Gasteiger partial charge < -0.3 is 14.2 Å². The van der Waals surface area contributed by atoms with Gasteiger partial charge in [-0.25, -0.2) is 0 Å². The Bertz CT molecular complexity index is 1750. The highest BCUT2D eigenvalue weighted by Crippen LogP contribution is 2.15. The molecule has 80 heavy (non-hydrogen) atoms. The highest BCUT2D eigenvalue weighted by atomic mass is 16.6. The van der Waals surface area contributed by atoms with Crippen molar-refractivity contribution in [3.8, 4) is 0 Å². The fourth-order valence-electron chi connectivity index (χ4n) is 8.68. The molecule has 1 unspecified atom stereocenters. The van der Waals surface area contributed by atoms with E-state index in [-0.39, 0.29) is 31.1 Å². The van der Waals surface area contributed by atoms with Crippen molar-refractivity contribution >= 4 is 17.9 Å². The summed E-state index contributed by atoms with van der Waals surface area (Å²) in [5, 5.41) is 0. The van der Waals surface area contributed by atoms with Gasteiger partial charge in [0.25, 0.3) is 0 Å². The SMILES string of the molecule is CC/C=C\C/C=C\C/C=C\C/C=C\C/C=C\C/C=C\C/C=C\C/C=C\C/C=C\CCCCCCCCCC(=O)OCC(COC(=O)CCCCCCCCCC)OC(=O)CCCCCCCC/C=C\C/C=C\C/C=C\CCCCC. The van der Waals surface area contributed by atoms with Crippen LogP contribution in [0.5, 0.6) is 0 Å². The predicted molar refractivity (Wildman–Crippen MR) is 348 cm³/mol. The molecule has 452 valence electrons. The predicted octanol–water partition coefficient (Wildman–Crippen LogP) is 22.7. The van der Waals surface area contributed by atoms with Crippen LogP contribution in [0.3, 0.4) is 0 Å². The number of carbonyl (C=O) groups excluding carboxylic acids is 3. The van der Waals surface area contributed by atoms with Crippen LogP contribution in [-0.2, 0) is 28.6 Å². The Kier molecular flexibility index (Phi) is 62.9. The summed E-state index contributed by atoms with van der Waals surface area (Å²) in [5.41, 5.74) is 0. The first-order valence-electron chi connectivity index (χ1n) is 32.8. The topological polar surface area (TPSA) is 78.9 Å². The van der Waals surface area contributed by atoms with Gasteiger partial charge in [-0.3, -0.25) is 14.4 Å². The summed E-state index contributed by atoms with van der Waals surface area (Å²) in [5.74, 6) is -0.918. The molecule has 0 aliphatic heterocycles. The van der Waals surface area contributed by atoms with Crippen LogP contribution in [0.25, 0.3) is 0 Å². The minimum absolute atomic E-state index is 0.0892. The van der Waals surface area contributed by atoms with Crippen molar-refractivity contribution in [1.82, 2.24) is 0 Å². The van der Waals surface area contributed by atoms with E-state index in [4.69, 9.17) is 14.2 Å². The Morgan fingerprint density at radius 2 is 0.487 bits per heavy atom. The fourth-order valence-corrected chi connectivity index (χ4v) is 8.68. The molecule has 0 N–H and O–H groups in total. The molecule has 0 bridgehead atoms. The quantitative estimate of drug-likeness (QED) is 0.0261. The number of allylic oxidation sites excluding steroid dienone is 24. The van der Waals surface area contributed by atoms with Crippen LogP contribution in [0.2, 0.25) is 0 Å². The maximum absolute atomic E-state index is 12.9. The molecule has 0 aromatic rings. The molecule has 0 radical (unpaired) electrons. The first-order chi connectivity index (χ1) is 39.5. The summed E-state index contributed by atoms with van der Waals surface area (Å²) in [6, 6.07) is 0. The summed E-state index contributed by atoms with van der Waals surface area (Å²) in [4.78, 5) is 38.1. The second kappa shape index (κ2) is 66.8. The molecule has 6 heteroatoms. The van der Waals surface area contributed by atoms with Crippen LogP contribution in [-0.4, -0.2) is 37.2 Å². The summed E-state index contributed by atoms with van der Waals surface area (Å²) in [7, 11) is 0. The van der Waals surface area contributed by atoms with Gasteiger partial charge in [0.05, 0.1) is 0 Å². The van der Waals surface area contributed by atoms with Crippen LogP contribution in [0.4, 0.5) is 0 Å². The summed E-state index contributed by atoms with van der Waals surface area (Å²) in [6.45, 7) is 6.45. The van der Waals surface area contributed by atoms with Gasteiger partial charge in [-0.1, -0.05) is 282 Å². The Morgan fingerprint density at radius 3 is 0.787 bits per heavy atom. The normalized spacial score (nSPS) is 13.1. The molecule has 0 rings (SSSR count). The van der Waals surface area contributed by atoms with Crippen molar-refractivity contribution < 1.29 is 28.6 Å². The van der Waals surface area contributed by atoms with Gasteiger partial charge in [0.15, 0.2) is 6.10 Å². The monoisotopic (exact) mass is 1100 g/mol. The number of ether oxygens (including phenoxy) is 3. The molecule has 0 amide bonds. The molecule has 0 aromatic carbocycles. The molecule has 0 aromatic heterocycles. The smallest absolute Gasteiger partial charge is 0.306 e. The second-order valence-electron chi connectivity index (χ2n) is 21.3. The molecule has 0 heterocycles. The summed E-state index contributed by atoms with van der Waals surface area (Å²) < 4.78 is 16.8. The molecule has 0 fully saturated rings. The average Bonchev–Trinajstić information content (AvgIpc) is 3.46. The van der Waals surface area contributed by atoms with E-state index in [1.165, 1.54) is 96.3 Å². The van der Waals surface area contributed by atoms with E-state index in [0.717, 1.165) is 148 Å². The molecule has 0 saturated heterocycles. The second-order valence-corrected chi connectivity index (χ2v) is 21.3. The van der Waals surface area contributed by atoms with Crippen LogP contribution >= 0.6 is 0 Å². The van der Waals surface area contributed by atoms with E-state index in [1.807, 2.05) is 0 Å². The zero-order valence-electron chi connectivity index (χ0n) is 51.8. The van der Waals surface area contributed by atoms with Gasteiger partial charge in [-0.15, -0.1) is 0 Å². The van der Waals surface area contributed by atoms with Crippen molar-refractivity contribution in [3.05, 3.63) is 146 Å². The van der Waals surface area contributed by atoms with Gasteiger partial charge in [0.2, 0.25) is 0 Å². The number of carbonyl (C=O) groups is 3. The van der Waals surface area contributed by atoms with E-state index in [2.05, 4.69) is 167 Å². The Balaban J connectivity index is 4.21. The number of hydrogen-bond donors (Lipinski definition) is 0. The van der Waals surface area contributed by atoms with E-state index in [9.17, 15) is 14.4 Å². The molecule has 1 atom stereocenters. The van der Waals surface area contributed by atoms with E-state index < -0.39 is 6.10 Å². The van der Waals surface area contributed by atoms with Gasteiger partial charge in [-0.2, -0.15) is 0 Å². The third kappa shape index (κ3) is 64.1. The van der Waals surface area contributed by atoms with Gasteiger partial charge in [-0.05, 0) is 128 Å². The number of unbranched alkanes of at least 4 members (excludes halogenated alkanes) is 23. The number of hydrogen-bond acceptors (Lipinski definition) is 6. The highest BCUT2D eigenvalue weighted by molar-refractivity contribution is 5.71. The third-order valence-electron chi connectivity index (χ3n) is 13.6. The van der Waals surface area contributed by atoms with E-state index in [0.29, 0.717) is 19.3 Å². The number of esters is 3. The maximum atomic E-state index is 12.9. The van der Waals surface area contributed by atoms with Crippen LogP contribution in [0.15, 0.2) is 146 Å². The van der Waals surface area contributed by atoms with Gasteiger partial charge in [0, 0.05) is 19.3 Å². The van der Waals surface area contributed by atoms with Crippen LogP contribution in [0, 0.1) is 0 Å². The average molecular weight is 1110 g/mol. The van der Waals surface area contributed by atoms with Crippen LogP contribution < -0.4 is 0 Å². The van der Waals surface area contributed by atoms with Crippen molar-refractivity contribution in [1.29, 1.82) is 0 Å². The minimum Gasteiger partial charge on any atom is -0.462 e. The first-order valence-corrected chi connectivity index (χ1v) is 32.8. The minimum atomic E-state index is -0.793. The van der Waals surface area contributed by atoms with E-state index in [1.54, 1.807) is 0 Å². The molecule has 0 aliphatic rings. The van der Waals surface area contributed by atoms with Gasteiger partial charge in [0.1, 0.15) is 13.2 Å². The Morgan fingerprint density at radius 1 is 0.263 bits per heavy atom. The standard InChI is InChI=1S/C74H120O6/c1-4-7-10-13-16-19-21-23-25-27-29-30-31-32-33-34-35-36-37-38-39-40-41-42-43-44-46-47-49-51-53-55-58-61-64-67-73(76)79-70-71(69-78-72(75)66-63-60-57-18-15-12-9-6-3)80-74(77)68-65-62-59-56-54-52-50-48-45-28-26-24-22-20-17-14-11-8-5-2/h7,10,16-17,19-20,23-26,29-30,32-33,35-36,38-39,41-42,44-46,48,71H,4-6,8-9,11-15,18,21-22,27-28,31,34,37,40,43,47,49-70H2,1-3H3/b10-7-,19-16-,20-17-,25-23-,26-24-,30-29-,33-32-,36-35-,39-38-,42-41-,46-44-,48-45-. The molecular weight excluding hydrogens is 985 g/mol. The molecule has 6 nitrogen and oxygen atoms in total. The van der Waals surface area contributed by atoms with Crippen molar-refractivity contribution in [2.24, 2.45) is 0 Å². The fraction of sp³-hybridized carbons (Fsp3) is 0.635. The highest BCUT2D eigenvalue weighted by Gasteiger charge is 2.19. The van der Waals surface area contributed by atoms with Gasteiger partial charge >= 0.3 is 17.9 Å². The zero-order chi connectivity index (χ0) is 57.8. The van der Waals surface area contributed by atoms with Crippen LogP contribution in [0.1, 0.15) is 284 Å². The lowest BCUT2D eigenvalue weighted by Crippen LogP contribution is -2.30. The molecule has 0 spiro atoms. The molecule has 0 aliphatic carbocycles. The lowest BCUT2D eigenvalue weighted by atomic mass is 10.1. The summed E-state index contributed by atoms with van der Waals surface area (Å²) >= 11 is 0. The summed E-state index contributed by atoms with van der Waals surface area (Å²) in [6.07, 6.45) is 95.8. The lowest BCUT2D eigenvalue weighted by molar-refractivity contribution is -0.167. The Labute approximate surface area is 493 Å². The number of rotatable bonds is 58. The van der Waals surface area contributed by atoms with Crippen molar-refractivity contribution in [3.63, 3.8) is 0 Å². The largest absolute Gasteiger partial charge is 0.462 e. The van der Waals surface area contributed by atoms with Crippen molar-refractivity contribution in [2.75, 3.05) is 13.2 Å². The zero-order valence-corrected chi connectivity index (χ0v) is 51.8. The molecule has 0 saturated carbocycles. The third-order valence-corrected chi connectivity index (χ3v) is 13.6. The Hall–Kier alpha value is -4.71. The first kappa shape index (κ1) is 75.3. The maximum Gasteiger partial charge on any atom is 0.306 e. The molecular formula is C74H120O6. The van der Waals surface area contributed by atoms with Crippen molar-refractivity contribution in [2.45, 2.75) is 290 Å². The lowest BCUT2D eigenvalue weighted by Gasteiger charge is -2.18.